The second-order valence-electron chi connectivity index (χ2n) is 5.60. The van der Waals surface area contributed by atoms with Crippen LogP contribution in [0.15, 0.2) is 48.8 Å². The molecule has 1 aromatic heterocycles. The van der Waals surface area contributed by atoms with E-state index in [0.29, 0.717) is 12.1 Å². The summed E-state index contributed by atoms with van der Waals surface area (Å²) in [6.45, 7) is 2.60. The highest BCUT2D eigenvalue weighted by Crippen LogP contribution is 2.07. The van der Waals surface area contributed by atoms with E-state index in [4.69, 9.17) is 0 Å². The molecule has 1 amide bonds. The Morgan fingerprint density at radius 3 is 2.57 bits per heavy atom. The van der Waals surface area contributed by atoms with Crippen molar-refractivity contribution >= 4 is 11.7 Å². The number of carbonyl (C=O) groups is 2. The highest BCUT2D eigenvalue weighted by molar-refractivity contribution is 5.97. The van der Waals surface area contributed by atoms with Gasteiger partial charge in [-0.25, -0.2) is 0 Å². The van der Waals surface area contributed by atoms with Crippen LogP contribution in [-0.2, 0) is 11.2 Å². The van der Waals surface area contributed by atoms with Gasteiger partial charge in [-0.1, -0.05) is 35.9 Å². The number of aromatic nitrogens is 1. The average Bonchev–Trinajstić information content (AvgIpc) is 2.58. The first kappa shape index (κ1) is 16.9. The van der Waals surface area contributed by atoms with Crippen LogP contribution in [0, 0.1) is 6.92 Å². The van der Waals surface area contributed by atoms with Gasteiger partial charge in [-0.05, 0) is 31.4 Å². The molecule has 4 heteroatoms. The van der Waals surface area contributed by atoms with Crippen molar-refractivity contribution < 1.29 is 9.59 Å². The summed E-state index contributed by atoms with van der Waals surface area (Å²) in [5.74, 6) is -0.0628. The summed E-state index contributed by atoms with van der Waals surface area (Å²) in [6.07, 6.45) is 5.81. The Hall–Kier alpha value is -2.49. The van der Waals surface area contributed by atoms with Crippen molar-refractivity contribution in [1.82, 2.24) is 10.3 Å². The van der Waals surface area contributed by atoms with Gasteiger partial charge in [0.25, 0.3) is 0 Å². The van der Waals surface area contributed by atoms with Gasteiger partial charge in [0.05, 0.1) is 0 Å². The maximum atomic E-state index is 12.0. The van der Waals surface area contributed by atoms with Crippen molar-refractivity contribution in [3.05, 3.63) is 65.5 Å². The van der Waals surface area contributed by atoms with Crippen LogP contribution < -0.4 is 5.32 Å². The SMILES string of the molecule is Cc1ccc(C(=O)CCC(=O)NCCCc2cccnc2)cc1. The number of nitrogens with one attached hydrogen (secondary N) is 1. The van der Waals surface area contributed by atoms with Crippen molar-refractivity contribution in [2.75, 3.05) is 6.54 Å². The van der Waals surface area contributed by atoms with Crippen molar-refractivity contribution in [2.24, 2.45) is 0 Å². The first-order chi connectivity index (χ1) is 11.1. The molecule has 0 bridgehead atoms. The largest absolute Gasteiger partial charge is 0.356 e. The Morgan fingerprint density at radius 2 is 1.87 bits per heavy atom. The third kappa shape index (κ3) is 6.02. The summed E-state index contributed by atoms with van der Waals surface area (Å²) in [5.41, 5.74) is 2.95. The summed E-state index contributed by atoms with van der Waals surface area (Å²) in [6, 6.07) is 11.4. The number of pyridine rings is 1. The van der Waals surface area contributed by atoms with Crippen molar-refractivity contribution in [3.63, 3.8) is 0 Å². The molecule has 23 heavy (non-hydrogen) atoms. The molecule has 0 saturated carbocycles. The van der Waals surface area contributed by atoms with Gasteiger partial charge in [0, 0.05) is 37.3 Å². The van der Waals surface area contributed by atoms with Crippen LogP contribution in [0.4, 0.5) is 0 Å². The molecule has 1 heterocycles. The first-order valence-corrected chi connectivity index (χ1v) is 7.90. The molecule has 0 aliphatic carbocycles. The minimum Gasteiger partial charge on any atom is -0.356 e. The monoisotopic (exact) mass is 310 g/mol. The fourth-order valence-electron chi connectivity index (χ4n) is 2.27. The van der Waals surface area contributed by atoms with Crippen LogP contribution in [0.5, 0.6) is 0 Å². The van der Waals surface area contributed by atoms with Crippen molar-refractivity contribution in [3.8, 4) is 0 Å². The number of Topliss-reactive ketones (excluding diaryl/α,β-unsaturated/α-hetero) is 1. The molecular weight excluding hydrogens is 288 g/mol. The lowest BCUT2D eigenvalue weighted by Crippen LogP contribution is -2.25. The number of ketones is 1. The fraction of sp³-hybridized carbons (Fsp3) is 0.316. The van der Waals surface area contributed by atoms with E-state index in [1.807, 2.05) is 49.5 Å². The molecule has 0 aliphatic heterocycles. The predicted octanol–water partition coefficient (Wildman–Crippen LogP) is 3.10. The number of benzene rings is 1. The van der Waals surface area contributed by atoms with Gasteiger partial charge >= 0.3 is 0 Å². The Labute approximate surface area is 137 Å². The number of hydrogen-bond acceptors (Lipinski definition) is 3. The second-order valence-corrected chi connectivity index (χ2v) is 5.60. The fourth-order valence-corrected chi connectivity index (χ4v) is 2.27. The lowest BCUT2D eigenvalue weighted by atomic mass is 10.0. The molecule has 0 radical (unpaired) electrons. The number of amides is 1. The van der Waals surface area contributed by atoms with Crippen LogP contribution in [0.25, 0.3) is 0 Å². The van der Waals surface area contributed by atoms with E-state index in [9.17, 15) is 9.59 Å². The third-order valence-electron chi connectivity index (χ3n) is 3.64. The topological polar surface area (TPSA) is 59.1 Å². The van der Waals surface area contributed by atoms with Crippen LogP contribution in [0.1, 0.15) is 40.7 Å². The summed E-state index contributed by atoms with van der Waals surface area (Å²) in [5, 5.41) is 2.86. The Kier molecular flexibility index (Phi) is 6.48. The van der Waals surface area contributed by atoms with Gasteiger partial charge in [-0.2, -0.15) is 0 Å². The van der Waals surface area contributed by atoms with E-state index in [1.165, 1.54) is 0 Å². The molecule has 1 N–H and O–H groups in total. The summed E-state index contributed by atoms with van der Waals surface area (Å²) >= 11 is 0. The van der Waals surface area contributed by atoms with E-state index in [2.05, 4.69) is 10.3 Å². The van der Waals surface area contributed by atoms with E-state index in [0.717, 1.165) is 24.0 Å². The number of rotatable bonds is 8. The molecule has 0 spiro atoms. The molecular formula is C19H22N2O2. The smallest absolute Gasteiger partial charge is 0.220 e. The predicted molar refractivity (Wildman–Crippen MR) is 90.3 cm³/mol. The van der Waals surface area contributed by atoms with Crippen LogP contribution >= 0.6 is 0 Å². The molecule has 0 saturated heterocycles. The molecule has 2 rings (SSSR count). The molecule has 0 unspecified atom stereocenters. The van der Waals surface area contributed by atoms with E-state index < -0.39 is 0 Å². The molecule has 0 fully saturated rings. The standard InChI is InChI=1S/C19H22N2O2/c1-15-6-8-17(9-7-15)18(22)10-11-19(23)21-13-3-5-16-4-2-12-20-14-16/h2,4,6-9,12,14H,3,5,10-11,13H2,1H3,(H,21,23). The minimum atomic E-state index is -0.0725. The van der Waals surface area contributed by atoms with Crippen LogP contribution in [-0.4, -0.2) is 23.2 Å². The second kappa shape index (κ2) is 8.83. The zero-order valence-electron chi connectivity index (χ0n) is 13.4. The zero-order valence-corrected chi connectivity index (χ0v) is 13.4. The van der Waals surface area contributed by atoms with Gasteiger partial charge in [-0.3, -0.25) is 14.6 Å². The van der Waals surface area contributed by atoms with Gasteiger partial charge in [0.1, 0.15) is 0 Å². The maximum absolute atomic E-state index is 12.0. The van der Waals surface area contributed by atoms with Gasteiger partial charge in [0.15, 0.2) is 5.78 Å². The maximum Gasteiger partial charge on any atom is 0.220 e. The quantitative estimate of drug-likeness (QED) is 0.602. The van der Waals surface area contributed by atoms with E-state index >= 15 is 0 Å². The number of aryl methyl sites for hydroxylation is 2. The summed E-state index contributed by atoms with van der Waals surface area (Å²) in [4.78, 5) is 27.8. The van der Waals surface area contributed by atoms with Crippen LogP contribution in [0.2, 0.25) is 0 Å². The first-order valence-electron chi connectivity index (χ1n) is 7.90. The number of hydrogen-bond donors (Lipinski definition) is 1. The zero-order chi connectivity index (χ0) is 16.5. The van der Waals surface area contributed by atoms with Crippen molar-refractivity contribution in [1.29, 1.82) is 0 Å². The summed E-state index contributed by atoms with van der Waals surface area (Å²) < 4.78 is 0. The molecule has 120 valence electrons. The molecule has 0 aliphatic rings. The molecule has 0 atom stereocenters. The van der Waals surface area contributed by atoms with Crippen molar-refractivity contribution in [2.45, 2.75) is 32.6 Å². The number of nitrogens with zero attached hydrogens (tertiary/aromatic N) is 1. The van der Waals surface area contributed by atoms with E-state index in [-0.39, 0.29) is 24.5 Å². The number of carbonyl (C=O) groups excluding carboxylic acids is 2. The molecule has 2 aromatic rings. The average molecular weight is 310 g/mol. The van der Waals surface area contributed by atoms with Gasteiger partial charge in [0.2, 0.25) is 5.91 Å². The highest BCUT2D eigenvalue weighted by Gasteiger charge is 2.08. The molecule has 1 aromatic carbocycles. The van der Waals surface area contributed by atoms with Gasteiger partial charge in [-0.15, -0.1) is 0 Å². The highest BCUT2D eigenvalue weighted by atomic mass is 16.2. The minimum absolute atomic E-state index is 0.00973. The Bertz CT molecular complexity index is 636. The Balaban J connectivity index is 1.63. The summed E-state index contributed by atoms with van der Waals surface area (Å²) in [7, 11) is 0. The van der Waals surface area contributed by atoms with E-state index in [1.54, 1.807) is 6.20 Å². The Morgan fingerprint density at radius 1 is 1.09 bits per heavy atom. The normalized spacial score (nSPS) is 10.3. The third-order valence-corrected chi connectivity index (χ3v) is 3.64. The van der Waals surface area contributed by atoms with Gasteiger partial charge < -0.3 is 5.32 Å². The van der Waals surface area contributed by atoms with Crippen LogP contribution in [0.3, 0.4) is 0 Å². The molecule has 4 nitrogen and oxygen atoms in total. The lowest BCUT2D eigenvalue weighted by molar-refractivity contribution is -0.121. The lowest BCUT2D eigenvalue weighted by Gasteiger charge is -2.05.